The second kappa shape index (κ2) is 10.9. The molecule has 7 nitrogen and oxygen atoms in total. The van der Waals surface area contributed by atoms with Gasteiger partial charge in [0.15, 0.2) is 0 Å². The van der Waals surface area contributed by atoms with Crippen molar-refractivity contribution in [3.63, 3.8) is 0 Å². The Morgan fingerprint density at radius 3 is 2.40 bits per heavy atom. The van der Waals surface area contributed by atoms with Crippen LogP contribution in [0.25, 0.3) is 0 Å². The smallest absolute Gasteiger partial charge is 0.330 e. The molecular formula is C18H22N2O5. The molecule has 134 valence electrons. The molecule has 25 heavy (non-hydrogen) atoms. The standard InChI is InChI=1S/C12H12N2O2.C6H10O3/c1-8-3-5-10(6-4-8)7-11(15)12-13-9(2)16-14-12;1-3-6(7)9-5-4-8-2/h3-6H,7H2,1-2H3;3H,1,4-5H2,2H3. The molecule has 0 fully saturated rings. The van der Waals surface area contributed by atoms with Crippen LogP contribution in [0.3, 0.4) is 0 Å². The number of carbonyl (C=O) groups is 2. The summed E-state index contributed by atoms with van der Waals surface area (Å²) in [6.07, 6.45) is 1.43. The number of esters is 1. The molecule has 1 aromatic heterocycles. The van der Waals surface area contributed by atoms with Gasteiger partial charge in [-0.25, -0.2) is 4.79 Å². The number of methoxy groups -OCH3 is 1. The van der Waals surface area contributed by atoms with E-state index in [1.165, 1.54) is 5.56 Å². The first kappa shape index (κ1) is 20.2. The maximum Gasteiger partial charge on any atom is 0.330 e. The quantitative estimate of drug-likeness (QED) is 0.329. The van der Waals surface area contributed by atoms with Crippen LogP contribution in [-0.4, -0.2) is 42.2 Å². The molecular weight excluding hydrogens is 324 g/mol. The molecule has 0 radical (unpaired) electrons. The van der Waals surface area contributed by atoms with Gasteiger partial charge in [0.1, 0.15) is 6.61 Å². The zero-order valence-corrected chi connectivity index (χ0v) is 14.7. The highest BCUT2D eigenvalue weighted by atomic mass is 16.6. The molecule has 1 aromatic carbocycles. The summed E-state index contributed by atoms with van der Waals surface area (Å²) in [6.45, 7) is 7.62. The van der Waals surface area contributed by atoms with Crippen LogP contribution in [0.1, 0.15) is 27.6 Å². The average Bonchev–Trinajstić information content (AvgIpc) is 3.04. The molecule has 0 atom stereocenters. The Kier molecular flexibility index (Phi) is 8.81. The van der Waals surface area contributed by atoms with Crippen molar-refractivity contribution in [1.29, 1.82) is 0 Å². The first-order valence-electron chi connectivity index (χ1n) is 7.63. The maximum atomic E-state index is 11.7. The molecule has 7 heteroatoms. The third-order valence-corrected chi connectivity index (χ3v) is 2.96. The van der Waals surface area contributed by atoms with E-state index < -0.39 is 5.97 Å². The molecule has 0 amide bonds. The highest BCUT2D eigenvalue weighted by Gasteiger charge is 2.13. The van der Waals surface area contributed by atoms with Crippen molar-refractivity contribution in [2.24, 2.45) is 0 Å². The van der Waals surface area contributed by atoms with Crippen molar-refractivity contribution in [2.75, 3.05) is 20.3 Å². The Balaban J connectivity index is 0.000000299. The fraction of sp³-hybridized carbons (Fsp3) is 0.333. The van der Waals surface area contributed by atoms with E-state index in [4.69, 9.17) is 4.52 Å². The van der Waals surface area contributed by atoms with E-state index in [1.54, 1.807) is 14.0 Å². The molecule has 0 saturated carbocycles. The van der Waals surface area contributed by atoms with Crippen molar-refractivity contribution < 1.29 is 23.6 Å². The van der Waals surface area contributed by atoms with Gasteiger partial charge in [-0.2, -0.15) is 4.98 Å². The summed E-state index contributed by atoms with van der Waals surface area (Å²) in [5.41, 5.74) is 2.13. The number of nitrogens with zero attached hydrogens (tertiary/aromatic N) is 2. The first-order chi connectivity index (χ1) is 12.0. The van der Waals surface area contributed by atoms with Crippen LogP contribution in [0, 0.1) is 13.8 Å². The van der Waals surface area contributed by atoms with Crippen LogP contribution >= 0.6 is 0 Å². The lowest BCUT2D eigenvalue weighted by atomic mass is 10.1. The van der Waals surface area contributed by atoms with Crippen LogP contribution in [0.15, 0.2) is 41.4 Å². The van der Waals surface area contributed by atoms with E-state index in [2.05, 4.69) is 26.2 Å². The molecule has 0 bridgehead atoms. The van der Waals surface area contributed by atoms with Crippen LogP contribution in [0.2, 0.25) is 0 Å². The van der Waals surface area contributed by atoms with Gasteiger partial charge >= 0.3 is 5.97 Å². The van der Waals surface area contributed by atoms with E-state index in [-0.39, 0.29) is 11.6 Å². The van der Waals surface area contributed by atoms with Gasteiger partial charge < -0.3 is 14.0 Å². The first-order valence-corrected chi connectivity index (χ1v) is 7.63. The second-order valence-electron chi connectivity index (χ2n) is 5.09. The van der Waals surface area contributed by atoms with Crippen LogP contribution in [0.5, 0.6) is 0 Å². The fourth-order valence-corrected chi connectivity index (χ4v) is 1.67. The minimum Gasteiger partial charge on any atom is -0.460 e. The van der Waals surface area contributed by atoms with E-state index in [1.807, 2.05) is 31.2 Å². The third-order valence-electron chi connectivity index (χ3n) is 2.96. The molecule has 2 rings (SSSR count). The second-order valence-corrected chi connectivity index (χ2v) is 5.09. The summed E-state index contributed by atoms with van der Waals surface area (Å²) in [6, 6.07) is 7.81. The van der Waals surface area contributed by atoms with Crippen molar-refractivity contribution in [3.8, 4) is 0 Å². The van der Waals surface area contributed by atoms with Crippen molar-refractivity contribution >= 4 is 11.8 Å². The van der Waals surface area contributed by atoms with Gasteiger partial charge in [-0.05, 0) is 12.5 Å². The number of benzene rings is 1. The Morgan fingerprint density at radius 1 is 1.20 bits per heavy atom. The van der Waals surface area contributed by atoms with Gasteiger partial charge in [0, 0.05) is 26.5 Å². The van der Waals surface area contributed by atoms with Crippen LogP contribution in [-0.2, 0) is 20.7 Å². The number of carbonyl (C=O) groups excluding carboxylic acids is 2. The summed E-state index contributed by atoms with van der Waals surface area (Å²) in [7, 11) is 1.54. The van der Waals surface area contributed by atoms with Gasteiger partial charge in [0.05, 0.1) is 6.61 Å². The number of hydrogen-bond acceptors (Lipinski definition) is 7. The van der Waals surface area contributed by atoms with Crippen molar-refractivity contribution in [1.82, 2.24) is 10.1 Å². The number of ether oxygens (including phenoxy) is 2. The average molecular weight is 346 g/mol. The molecule has 1 heterocycles. The lowest BCUT2D eigenvalue weighted by Gasteiger charge is -1.98. The number of aromatic nitrogens is 2. The molecule has 0 aliphatic heterocycles. The predicted molar refractivity (Wildman–Crippen MR) is 91.3 cm³/mol. The van der Waals surface area contributed by atoms with Gasteiger partial charge in [-0.3, -0.25) is 4.79 Å². The fourth-order valence-electron chi connectivity index (χ4n) is 1.67. The van der Waals surface area contributed by atoms with E-state index in [0.29, 0.717) is 25.5 Å². The van der Waals surface area contributed by atoms with E-state index in [0.717, 1.165) is 11.6 Å². The van der Waals surface area contributed by atoms with E-state index in [9.17, 15) is 9.59 Å². The lowest BCUT2D eigenvalue weighted by molar-refractivity contribution is -0.138. The molecule has 0 unspecified atom stereocenters. The third kappa shape index (κ3) is 8.03. The Hall–Kier alpha value is -2.80. The largest absolute Gasteiger partial charge is 0.460 e. The summed E-state index contributed by atoms with van der Waals surface area (Å²) in [5.74, 6) is 0.0260. The monoisotopic (exact) mass is 346 g/mol. The predicted octanol–water partition coefficient (Wildman–Crippen LogP) is 2.47. The Bertz CT molecular complexity index is 692. The number of aryl methyl sites for hydroxylation is 2. The van der Waals surface area contributed by atoms with Crippen LogP contribution < -0.4 is 0 Å². The van der Waals surface area contributed by atoms with Crippen molar-refractivity contribution in [3.05, 3.63) is 59.8 Å². The SMILES string of the molecule is C=CC(=O)OCCOC.Cc1ccc(CC(=O)c2noc(C)n2)cc1. The molecule has 2 aromatic rings. The Morgan fingerprint density at radius 2 is 1.88 bits per heavy atom. The summed E-state index contributed by atoms with van der Waals surface area (Å²) in [5, 5.41) is 3.59. The molecule has 0 saturated heterocycles. The number of hydrogen-bond donors (Lipinski definition) is 0. The topological polar surface area (TPSA) is 91.5 Å². The molecule has 0 N–H and O–H groups in total. The Labute approximate surface area is 146 Å². The van der Waals surface area contributed by atoms with Gasteiger partial charge in [0.2, 0.25) is 17.5 Å². The van der Waals surface area contributed by atoms with Crippen LogP contribution in [0.4, 0.5) is 0 Å². The number of ketones is 1. The van der Waals surface area contributed by atoms with Crippen molar-refractivity contribution in [2.45, 2.75) is 20.3 Å². The van der Waals surface area contributed by atoms with E-state index >= 15 is 0 Å². The van der Waals surface area contributed by atoms with Gasteiger partial charge in [0.25, 0.3) is 0 Å². The highest BCUT2D eigenvalue weighted by molar-refractivity contribution is 5.93. The maximum absolute atomic E-state index is 11.7. The summed E-state index contributed by atoms with van der Waals surface area (Å²) in [4.78, 5) is 25.9. The summed E-state index contributed by atoms with van der Waals surface area (Å²) >= 11 is 0. The number of rotatable bonds is 7. The number of Topliss-reactive ketones (excluding diaryl/α,β-unsaturated/α-hetero) is 1. The zero-order chi connectivity index (χ0) is 18.7. The zero-order valence-electron chi connectivity index (χ0n) is 14.7. The minimum absolute atomic E-state index is 0.124. The van der Waals surface area contributed by atoms with Gasteiger partial charge in [-0.15, -0.1) is 0 Å². The highest BCUT2D eigenvalue weighted by Crippen LogP contribution is 2.07. The minimum atomic E-state index is -0.410. The summed E-state index contributed by atoms with van der Waals surface area (Å²) < 4.78 is 13.9. The molecule has 0 aliphatic rings. The van der Waals surface area contributed by atoms with Gasteiger partial charge in [-0.1, -0.05) is 41.6 Å². The normalized spacial score (nSPS) is 9.72. The molecule has 0 spiro atoms. The molecule has 0 aliphatic carbocycles. The lowest BCUT2D eigenvalue weighted by Crippen LogP contribution is -2.06.